The lowest BCUT2D eigenvalue weighted by Crippen LogP contribution is -2.26. The Morgan fingerprint density at radius 1 is 0.964 bits per heavy atom. The number of methoxy groups -OCH3 is 2. The largest absolute Gasteiger partial charge is 0.493 e. The van der Waals surface area contributed by atoms with Crippen molar-refractivity contribution in [3.8, 4) is 11.5 Å². The van der Waals surface area contributed by atoms with Gasteiger partial charge in [-0.15, -0.1) is 0 Å². The van der Waals surface area contributed by atoms with Crippen LogP contribution in [-0.2, 0) is 22.6 Å². The normalized spacial score (nSPS) is 10.2. The maximum Gasteiger partial charge on any atom is 0.220 e. The number of carbonyl (C=O) groups is 2. The summed E-state index contributed by atoms with van der Waals surface area (Å²) in [5, 5.41) is 5.68. The van der Waals surface area contributed by atoms with Gasteiger partial charge in [-0.3, -0.25) is 14.6 Å². The number of carbonyl (C=O) groups excluding carboxylic acids is 2. The van der Waals surface area contributed by atoms with Gasteiger partial charge in [-0.2, -0.15) is 0 Å². The summed E-state index contributed by atoms with van der Waals surface area (Å²) in [6.45, 7) is 0.928. The molecule has 7 heteroatoms. The fraction of sp³-hybridized carbons (Fsp3) is 0.381. The van der Waals surface area contributed by atoms with Crippen LogP contribution in [0.3, 0.4) is 0 Å². The second-order valence-corrected chi connectivity index (χ2v) is 6.24. The third-order valence-corrected chi connectivity index (χ3v) is 4.18. The van der Waals surface area contributed by atoms with Crippen LogP contribution >= 0.6 is 0 Å². The van der Waals surface area contributed by atoms with Crippen molar-refractivity contribution < 1.29 is 19.1 Å². The number of nitrogens with zero attached hydrogens (tertiary/aromatic N) is 1. The third kappa shape index (κ3) is 7.26. The van der Waals surface area contributed by atoms with Crippen LogP contribution in [0.15, 0.2) is 42.6 Å². The van der Waals surface area contributed by atoms with Crippen LogP contribution in [0.1, 0.15) is 30.5 Å². The highest BCUT2D eigenvalue weighted by molar-refractivity contribution is 5.78. The summed E-state index contributed by atoms with van der Waals surface area (Å²) in [6, 6.07) is 11.2. The van der Waals surface area contributed by atoms with Gasteiger partial charge < -0.3 is 20.1 Å². The number of hydrogen-bond donors (Lipinski definition) is 2. The van der Waals surface area contributed by atoms with Crippen LogP contribution in [0.25, 0.3) is 0 Å². The van der Waals surface area contributed by atoms with Crippen LogP contribution in [-0.4, -0.2) is 37.6 Å². The van der Waals surface area contributed by atoms with E-state index in [0.717, 1.165) is 11.3 Å². The van der Waals surface area contributed by atoms with Gasteiger partial charge in [0, 0.05) is 25.6 Å². The van der Waals surface area contributed by atoms with Gasteiger partial charge in [-0.25, -0.2) is 0 Å². The van der Waals surface area contributed by atoms with Gasteiger partial charge in [0.25, 0.3) is 0 Å². The van der Waals surface area contributed by atoms with Gasteiger partial charge in [0.15, 0.2) is 11.5 Å². The number of ether oxygens (including phenoxy) is 2. The predicted molar refractivity (Wildman–Crippen MR) is 106 cm³/mol. The Hall–Kier alpha value is -3.09. The molecule has 0 aliphatic rings. The molecule has 2 rings (SSSR count). The Morgan fingerprint density at radius 3 is 2.39 bits per heavy atom. The molecule has 0 saturated heterocycles. The summed E-state index contributed by atoms with van der Waals surface area (Å²) in [6.07, 6.45) is 3.53. The molecule has 0 fully saturated rings. The van der Waals surface area contributed by atoms with Gasteiger partial charge in [-0.1, -0.05) is 12.1 Å². The molecule has 0 atom stereocenters. The topological polar surface area (TPSA) is 89.5 Å². The molecule has 2 amide bonds. The van der Waals surface area contributed by atoms with E-state index in [1.54, 1.807) is 20.4 Å². The Balaban J connectivity index is 1.60. The van der Waals surface area contributed by atoms with E-state index in [1.807, 2.05) is 36.4 Å². The van der Waals surface area contributed by atoms with Crippen LogP contribution in [0, 0.1) is 0 Å². The third-order valence-electron chi connectivity index (χ3n) is 4.18. The SMILES string of the molecule is COc1ccc(CCNC(=O)CCCC(=O)NCc2ccccn2)cc1OC. The summed E-state index contributed by atoms with van der Waals surface area (Å²) in [7, 11) is 3.19. The van der Waals surface area contributed by atoms with E-state index in [4.69, 9.17) is 9.47 Å². The van der Waals surface area contributed by atoms with E-state index in [0.29, 0.717) is 50.3 Å². The molecule has 7 nitrogen and oxygen atoms in total. The summed E-state index contributed by atoms with van der Waals surface area (Å²) < 4.78 is 10.5. The smallest absolute Gasteiger partial charge is 0.220 e. The highest BCUT2D eigenvalue weighted by Crippen LogP contribution is 2.27. The summed E-state index contributed by atoms with van der Waals surface area (Å²) in [5.74, 6) is 1.21. The van der Waals surface area contributed by atoms with Gasteiger partial charge >= 0.3 is 0 Å². The zero-order chi connectivity index (χ0) is 20.2. The van der Waals surface area contributed by atoms with Gasteiger partial charge in [0.05, 0.1) is 26.5 Å². The van der Waals surface area contributed by atoms with E-state index in [9.17, 15) is 9.59 Å². The molecule has 0 aliphatic carbocycles. The highest BCUT2D eigenvalue weighted by Gasteiger charge is 2.07. The molecular formula is C21H27N3O4. The number of aromatic nitrogens is 1. The maximum atomic E-state index is 11.9. The molecule has 28 heavy (non-hydrogen) atoms. The standard InChI is InChI=1S/C21H27N3O4/c1-27-18-10-9-16(14-19(18)28-2)11-13-23-20(25)7-5-8-21(26)24-15-17-6-3-4-12-22-17/h3-4,6,9-10,12,14H,5,7-8,11,13,15H2,1-2H3,(H,23,25)(H,24,26). The second kappa shape index (κ2) is 11.6. The van der Waals surface area contributed by atoms with Crippen molar-refractivity contribution in [1.29, 1.82) is 0 Å². The molecule has 150 valence electrons. The van der Waals surface area contributed by atoms with E-state index < -0.39 is 0 Å². The molecule has 1 aromatic carbocycles. The van der Waals surface area contributed by atoms with Crippen LogP contribution in [0.5, 0.6) is 11.5 Å². The Morgan fingerprint density at radius 2 is 1.71 bits per heavy atom. The maximum absolute atomic E-state index is 11.9. The molecule has 2 aromatic rings. The number of hydrogen-bond acceptors (Lipinski definition) is 5. The van der Waals surface area contributed by atoms with E-state index in [-0.39, 0.29) is 11.8 Å². The minimum Gasteiger partial charge on any atom is -0.493 e. The monoisotopic (exact) mass is 385 g/mol. The average Bonchev–Trinajstić information content (AvgIpc) is 2.73. The molecule has 2 N–H and O–H groups in total. The number of nitrogens with one attached hydrogen (secondary N) is 2. The number of rotatable bonds is 11. The van der Waals surface area contributed by atoms with Crippen LogP contribution < -0.4 is 20.1 Å². The molecule has 0 unspecified atom stereocenters. The van der Waals surface area contributed by atoms with E-state index in [1.165, 1.54) is 0 Å². The molecule has 1 heterocycles. The minimum absolute atomic E-state index is 0.0574. The van der Waals surface area contributed by atoms with Crippen molar-refractivity contribution in [1.82, 2.24) is 15.6 Å². The fourth-order valence-electron chi connectivity index (χ4n) is 2.66. The molecule has 1 aromatic heterocycles. The van der Waals surface area contributed by atoms with Gasteiger partial charge in [0.2, 0.25) is 11.8 Å². The second-order valence-electron chi connectivity index (χ2n) is 6.24. The van der Waals surface area contributed by atoms with Crippen molar-refractivity contribution in [3.63, 3.8) is 0 Å². The molecule has 0 spiro atoms. The van der Waals surface area contributed by atoms with Crippen molar-refractivity contribution in [2.24, 2.45) is 0 Å². The summed E-state index contributed by atoms with van der Waals surface area (Å²) in [5.41, 5.74) is 1.86. The molecule has 0 radical (unpaired) electrons. The number of pyridine rings is 1. The quantitative estimate of drug-likeness (QED) is 0.619. The van der Waals surface area contributed by atoms with E-state index >= 15 is 0 Å². The molecule has 0 aliphatic heterocycles. The lowest BCUT2D eigenvalue weighted by atomic mass is 10.1. The highest BCUT2D eigenvalue weighted by atomic mass is 16.5. The van der Waals surface area contributed by atoms with Crippen molar-refractivity contribution in [2.75, 3.05) is 20.8 Å². The lowest BCUT2D eigenvalue weighted by molar-refractivity contribution is -0.122. The van der Waals surface area contributed by atoms with Crippen LogP contribution in [0.2, 0.25) is 0 Å². The predicted octanol–water partition coefficient (Wildman–Crippen LogP) is 2.24. The average molecular weight is 385 g/mol. The van der Waals surface area contributed by atoms with Crippen LogP contribution in [0.4, 0.5) is 0 Å². The Bertz CT molecular complexity index is 766. The summed E-state index contributed by atoms with van der Waals surface area (Å²) in [4.78, 5) is 27.9. The minimum atomic E-state index is -0.0798. The Labute approximate surface area is 165 Å². The van der Waals surface area contributed by atoms with Crippen molar-refractivity contribution in [3.05, 3.63) is 53.9 Å². The van der Waals surface area contributed by atoms with E-state index in [2.05, 4.69) is 15.6 Å². The molecule has 0 bridgehead atoms. The first-order chi connectivity index (χ1) is 13.6. The fourth-order valence-corrected chi connectivity index (χ4v) is 2.66. The van der Waals surface area contributed by atoms with Gasteiger partial charge in [0.1, 0.15) is 0 Å². The lowest BCUT2D eigenvalue weighted by Gasteiger charge is -2.10. The zero-order valence-electron chi connectivity index (χ0n) is 16.4. The first-order valence-corrected chi connectivity index (χ1v) is 9.26. The molecule has 0 saturated carbocycles. The zero-order valence-corrected chi connectivity index (χ0v) is 16.4. The number of benzene rings is 1. The van der Waals surface area contributed by atoms with Gasteiger partial charge in [-0.05, 0) is 42.7 Å². The van der Waals surface area contributed by atoms with Crippen molar-refractivity contribution in [2.45, 2.75) is 32.2 Å². The first kappa shape index (κ1) is 21.2. The number of amides is 2. The Kier molecular flexibility index (Phi) is 8.78. The summed E-state index contributed by atoms with van der Waals surface area (Å²) >= 11 is 0. The van der Waals surface area contributed by atoms with Crippen molar-refractivity contribution >= 4 is 11.8 Å². The molecular weight excluding hydrogens is 358 g/mol. The first-order valence-electron chi connectivity index (χ1n) is 9.26.